The minimum absolute atomic E-state index is 0. The first kappa shape index (κ1) is 25.1. The lowest BCUT2D eigenvalue weighted by molar-refractivity contribution is 0.245. The number of aliphatic imine (C=N–C) groups is 1. The molecule has 1 atom stereocenters. The fourth-order valence-corrected chi connectivity index (χ4v) is 5.18. The molecule has 0 saturated carbocycles. The van der Waals surface area contributed by atoms with Crippen LogP contribution in [0.5, 0.6) is 0 Å². The quantitative estimate of drug-likeness (QED) is 0.261. The number of nitrogens with one attached hydrogen (secondary N) is 2. The van der Waals surface area contributed by atoms with Crippen molar-refractivity contribution in [3.63, 3.8) is 0 Å². The summed E-state index contributed by atoms with van der Waals surface area (Å²) in [5, 5.41) is 11.9. The van der Waals surface area contributed by atoms with E-state index in [-0.39, 0.29) is 28.2 Å². The van der Waals surface area contributed by atoms with Crippen molar-refractivity contribution in [1.82, 2.24) is 15.5 Å². The number of guanidine groups is 1. The molecule has 1 fully saturated rings. The fraction of sp³-hybridized carbons (Fsp3) is 0.450. The maximum absolute atomic E-state index is 11.4. The molecule has 1 aliphatic rings. The molecule has 30 heavy (non-hydrogen) atoms. The highest BCUT2D eigenvalue weighted by atomic mass is 127. The van der Waals surface area contributed by atoms with Gasteiger partial charge in [0.1, 0.15) is 4.21 Å². The van der Waals surface area contributed by atoms with Crippen LogP contribution in [-0.2, 0) is 16.6 Å². The zero-order chi connectivity index (χ0) is 20.7. The summed E-state index contributed by atoms with van der Waals surface area (Å²) in [6, 6.07) is 14.1. The van der Waals surface area contributed by atoms with Crippen LogP contribution in [0.2, 0.25) is 0 Å². The summed E-state index contributed by atoms with van der Waals surface area (Å²) in [5.41, 5.74) is 1.30. The SMILES string of the molecule is CCNC(=NCc1ccc(S(N)(=O)=O)s1)NCC(c1ccccc1)N1CCCC1.I. The molecule has 0 amide bonds. The molecule has 1 unspecified atom stereocenters. The maximum Gasteiger partial charge on any atom is 0.247 e. The van der Waals surface area contributed by atoms with Gasteiger partial charge in [-0.15, -0.1) is 35.3 Å². The van der Waals surface area contributed by atoms with Crippen LogP contribution in [0.4, 0.5) is 0 Å². The number of nitrogens with zero attached hydrogens (tertiary/aromatic N) is 2. The van der Waals surface area contributed by atoms with Crippen molar-refractivity contribution in [2.24, 2.45) is 10.1 Å². The second-order valence-electron chi connectivity index (χ2n) is 7.01. The Bertz CT molecular complexity index is 912. The predicted octanol–water partition coefficient (Wildman–Crippen LogP) is 2.91. The van der Waals surface area contributed by atoms with Gasteiger partial charge < -0.3 is 10.6 Å². The maximum atomic E-state index is 11.4. The van der Waals surface area contributed by atoms with Crippen LogP contribution in [0.1, 0.15) is 36.2 Å². The van der Waals surface area contributed by atoms with E-state index in [1.165, 1.54) is 24.5 Å². The highest BCUT2D eigenvalue weighted by molar-refractivity contribution is 14.0. The molecular weight excluding hydrogens is 533 g/mol. The molecule has 1 aliphatic heterocycles. The van der Waals surface area contributed by atoms with Gasteiger partial charge in [0.15, 0.2) is 5.96 Å². The Labute approximate surface area is 200 Å². The molecular formula is C20H30IN5O2S2. The van der Waals surface area contributed by atoms with E-state index < -0.39 is 10.0 Å². The largest absolute Gasteiger partial charge is 0.357 e. The number of primary sulfonamides is 1. The monoisotopic (exact) mass is 563 g/mol. The second kappa shape index (κ2) is 12.0. The third kappa shape index (κ3) is 7.19. The lowest BCUT2D eigenvalue weighted by atomic mass is 10.1. The van der Waals surface area contributed by atoms with E-state index in [0.717, 1.165) is 48.4 Å². The van der Waals surface area contributed by atoms with Gasteiger partial charge in [-0.05, 0) is 50.6 Å². The molecule has 0 aliphatic carbocycles. The number of nitrogens with two attached hydrogens (primary N) is 1. The Morgan fingerprint density at radius 3 is 2.47 bits per heavy atom. The third-order valence-electron chi connectivity index (χ3n) is 4.88. The van der Waals surface area contributed by atoms with E-state index >= 15 is 0 Å². The molecule has 4 N–H and O–H groups in total. The highest BCUT2D eigenvalue weighted by Crippen LogP contribution is 2.24. The number of halogens is 1. The lowest BCUT2D eigenvalue weighted by Crippen LogP contribution is -2.42. The van der Waals surface area contributed by atoms with Crippen molar-refractivity contribution >= 4 is 51.3 Å². The molecule has 3 rings (SSSR count). The zero-order valence-corrected chi connectivity index (χ0v) is 21.0. The summed E-state index contributed by atoms with van der Waals surface area (Å²) in [7, 11) is -3.66. The van der Waals surface area contributed by atoms with Gasteiger partial charge >= 0.3 is 0 Å². The molecule has 10 heteroatoms. The number of benzene rings is 1. The smallest absolute Gasteiger partial charge is 0.247 e. The molecule has 1 saturated heterocycles. The first-order valence-electron chi connectivity index (χ1n) is 9.90. The van der Waals surface area contributed by atoms with Gasteiger partial charge in [-0.1, -0.05) is 30.3 Å². The summed E-state index contributed by atoms with van der Waals surface area (Å²) in [6.07, 6.45) is 2.48. The summed E-state index contributed by atoms with van der Waals surface area (Å²) in [4.78, 5) is 7.99. The van der Waals surface area contributed by atoms with Crippen molar-refractivity contribution in [2.75, 3.05) is 26.2 Å². The number of hydrogen-bond acceptors (Lipinski definition) is 5. The van der Waals surface area contributed by atoms with Gasteiger partial charge in [-0.3, -0.25) is 4.90 Å². The van der Waals surface area contributed by atoms with Crippen molar-refractivity contribution in [1.29, 1.82) is 0 Å². The normalized spacial score (nSPS) is 16.1. The predicted molar refractivity (Wildman–Crippen MR) is 134 cm³/mol. The Kier molecular flexibility index (Phi) is 10.0. The lowest BCUT2D eigenvalue weighted by Gasteiger charge is -2.29. The average molecular weight is 564 g/mol. The van der Waals surface area contributed by atoms with Gasteiger partial charge in [-0.25, -0.2) is 18.5 Å². The Balaban J connectivity index is 0.00000320. The first-order chi connectivity index (χ1) is 14.0. The van der Waals surface area contributed by atoms with Gasteiger partial charge in [0.25, 0.3) is 0 Å². The van der Waals surface area contributed by atoms with E-state index in [1.54, 1.807) is 6.07 Å². The second-order valence-corrected chi connectivity index (χ2v) is 9.97. The summed E-state index contributed by atoms with van der Waals surface area (Å²) in [6.45, 7) is 6.15. The van der Waals surface area contributed by atoms with Crippen molar-refractivity contribution in [3.05, 3.63) is 52.9 Å². The van der Waals surface area contributed by atoms with E-state index in [1.807, 2.05) is 13.0 Å². The van der Waals surface area contributed by atoms with Crippen LogP contribution in [0, 0.1) is 0 Å². The Morgan fingerprint density at radius 2 is 1.87 bits per heavy atom. The van der Waals surface area contributed by atoms with Crippen LogP contribution >= 0.6 is 35.3 Å². The van der Waals surface area contributed by atoms with Crippen LogP contribution in [0.15, 0.2) is 51.7 Å². The minimum atomic E-state index is -3.66. The summed E-state index contributed by atoms with van der Waals surface area (Å²) in [5.74, 6) is 0.721. The average Bonchev–Trinajstić information content (AvgIpc) is 3.39. The number of rotatable bonds is 8. The van der Waals surface area contributed by atoms with Crippen molar-refractivity contribution in [2.45, 2.75) is 36.6 Å². The standard InChI is InChI=1S/C20H29N5O2S2.HI/c1-2-22-20(23-14-17-10-11-19(28-17)29(21,26)27)24-15-18(25-12-6-7-13-25)16-8-4-3-5-9-16;/h3-5,8-11,18H,2,6-7,12-15H2,1H3,(H2,21,26,27)(H2,22,23,24);1H. The minimum Gasteiger partial charge on any atom is -0.357 e. The number of hydrogen-bond donors (Lipinski definition) is 3. The Hall–Kier alpha value is -1.21. The molecule has 0 spiro atoms. The van der Waals surface area contributed by atoms with Gasteiger partial charge in [-0.2, -0.15) is 0 Å². The number of likely N-dealkylation sites (tertiary alicyclic amines) is 1. The zero-order valence-electron chi connectivity index (χ0n) is 17.1. The molecule has 1 aromatic heterocycles. The molecule has 2 heterocycles. The van der Waals surface area contributed by atoms with Crippen LogP contribution in [0.25, 0.3) is 0 Å². The summed E-state index contributed by atoms with van der Waals surface area (Å²) < 4.78 is 23.1. The van der Waals surface area contributed by atoms with E-state index in [2.05, 4.69) is 44.8 Å². The topological polar surface area (TPSA) is 99.8 Å². The molecule has 0 bridgehead atoms. The fourth-order valence-electron chi connectivity index (χ4n) is 3.47. The molecule has 0 radical (unpaired) electrons. The molecule has 166 valence electrons. The van der Waals surface area contributed by atoms with Gasteiger partial charge in [0.2, 0.25) is 10.0 Å². The van der Waals surface area contributed by atoms with Gasteiger partial charge in [0, 0.05) is 18.0 Å². The molecule has 7 nitrogen and oxygen atoms in total. The van der Waals surface area contributed by atoms with Crippen LogP contribution in [-0.4, -0.2) is 45.5 Å². The van der Waals surface area contributed by atoms with Crippen LogP contribution < -0.4 is 15.8 Å². The van der Waals surface area contributed by atoms with E-state index in [0.29, 0.717) is 12.6 Å². The number of sulfonamides is 1. The van der Waals surface area contributed by atoms with Gasteiger partial charge in [0.05, 0.1) is 12.6 Å². The van der Waals surface area contributed by atoms with E-state index in [4.69, 9.17) is 5.14 Å². The van der Waals surface area contributed by atoms with Crippen LogP contribution in [0.3, 0.4) is 0 Å². The third-order valence-corrected chi connectivity index (χ3v) is 7.39. The molecule has 2 aromatic rings. The molecule has 1 aromatic carbocycles. The highest BCUT2D eigenvalue weighted by Gasteiger charge is 2.23. The van der Waals surface area contributed by atoms with Crippen molar-refractivity contribution < 1.29 is 8.42 Å². The van der Waals surface area contributed by atoms with E-state index in [9.17, 15) is 8.42 Å². The number of thiophene rings is 1. The van der Waals surface area contributed by atoms with Crippen molar-refractivity contribution in [3.8, 4) is 0 Å². The summed E-state index contributed by atoms with van der Waals surface area (Å²) >= 11 is 1.16. The Morgan fingerprint density at radius 1 is 1.17 bits per heavy atom. The first-order valence-corrected chi connectivity index (χ1v) is 12.3.